The number of rotatable bonds is 6. The van der Waals surface area contributed by atoms with Crippen LogP contribution in [0.1, 0.15) is 6.23 Å². The monoisotopic (exact) mass is 434 g/mol. The van der Waals surface area contributed by atoms with Gasteiger partial charge in [0.1, 0.15) is 30.2 Å². The maximum atomic E-state index is 11.5. The van der Waals surface area contributed by atoms with Crippen molar-refractivity contribution in [1.29, 1.82) is 0 Å². The number of aromatic nitrogens is 4. The van der Waals surface area contributed by atoms with E-state index in [1.807, 2.05) is 0 Å². The van der Waals surface area contributed by atoms with Gasteiger partial charge in [0.15, 0.2) is 17.7 Å². The van der Waals surface area contributed by atoms with Crippen LogP contribution in [-0.2, 0) is 22.7 Å². The Morgan fingerprint density at radius 3 is 2.50 bits per heavy atom. The van der Waals surface area contributed by atoms with Crippen molar-refractivity contribution in [1.82, 2.24) is 19.5 Å². The molecule has 0 bridgehead atoms. The van der Waals surface area contributed by atoms with Gasteiger partial charge in [0.25, 0.3) is 0 Å². The van der Waals surface area contributed by atoms with Crippen LogP contribution in [0, 0.1) is 0 Å². The van der Waals surface area contributed by atoms with E-state index in [1.54, 1.807) is 0 Å². The zero-order valence-electron chi connectivity index (χ0n) is 14.2. The number of anilines is 1. The molecule has 15 nitrogen and oxygen atoms in total. The minimum Gasteiger partial charge on any atom is -0.387 e. The fraction of sp³-hybridized carbons (Fsp3) is 0.500. The minimum absolute atomic E-state index is 0. The van der Waals surface area contributed by atoms with Crippen molar-refractivity contribution in [3.05, 3.63) is 12.7 Å². The van der Waals surface area contributed by atoms with Crippen molar-refractivity contribution in [2.75, 3.05) is 12.3 Å². The predicted molar refractivity (Wildman–Crippen MR) is 90.3 cm³/mol. The first kappa shape index (κ1) is 23.4. The Hall–Kier alpha value is -0.913. The van der Waals surface area contributed by atoms with Crippen LogP contribution in [0.3, 0.4) is 0 Å². The average molecular weight is 434 g/mol. The second-order valence-corrected chi connectivity index (χ2v) is 8.30. The normalized spacial score (nSPS) is 27.5. The summed E-state index contributed by atoms with van der Waals surface area (Å²) in [6.07, 6.45) is -3.20. The molecule has 0 aliphatic carbocycles. The third-order valence-electron chi connectivity index (χ3n) is 3.61. The van der Waals surface area contributed by atoms with Gasteiger partial charge >= 0.3 is 15.6 Å². The van der Waals surface area contributed by atoms with E-state index in [1.165, 1.54) is 10.9 Å². The molecule has 3 rings (SSSR count). The summed E-state index contributed by atoms with van der Waals surface area (Å²) in [6.45, 7) is -0.813. The van der Waals surface area contributed by atoms with Crippen LogP contribution in [0.2, 0.25) is 0 Å². The van der Waals surface area contributed by atoms with E-state index in [-0.39, 0.29) is 35.8 Å². The van der Waals surface area contributed by atoms with Gasteiger partial charge in [-0.25, -0.2) is 24.1 Å². The number of nitrogen functional groups attached to an aromatic ring is 1. The second-order valence-electron chi connectivity index (χ2n) is 5.47. The quantitative estimate of drug-likeness (QED) is 0.211. The molecule has 1 aliphatic heterocycles. The van der Waals surface area contributed by atoms with Crippen molar-refractivity contribution >= 4 is 51.5 Å². The van der Waals surface area contributed by atoms with Gasteiger partial charge in [-0.3, -0.25) is 9.09 Å². The van der Waals surface area contributed by atoms with Crippen LogP contribution in [0.4, 0.5) is 5.82 Å². The first-order chi connectivity index (χ1) is 12.5. The summed E-state index contributed by atoms with van der Waals surface area (Å²) >= 11 is 0. The molecule has 2 aromatic heterocycles. The molecule has 18 heteroatoms. The maximum absolute atomic E-state index is 11.5. The van der Waals surface area contributed by atoms with Crippen molar-refractivity contribution in [3.8, 4) is 0 Å². The number of aliphatic hydroxyl groups excluding tert-OH is 2. The molecule has 3 heterocycles. The summed E-state index contributed by atoms with van der Waals surface area (Å²) in [5, 5.41) is 20.3. The SMILES string of the molecule is Nc1ncnc2c1ncn2[C@@H]1O[C@H](COP(=O)(O)OP(=O)(O)O)[C@@H](O)[C@H]1O.[Li]. The molecular weight excluding hydrogens is 419 g/mol. The number of phosphoric acid groups is 2. The molecule has 5 atom stereocenters. The summed E-state index contributed by atoms with van der Waals surface area (Å²) in [6, 6.07) is 0. The summed E-state index contributed by atoms with van der Waals surface area (Å²) in [5.74, 6) is 0.0856. The molecule has 1 unspecified atom stereocenters. The van der Waals surface area contributed by atoms with Gasteiger partial charge in [0, 0.05) is 18.9 Å². The largest absolute Gasteiger partial charge is 0.481 e. The molecule has 0 spiro atoms. The van der Waals surface area contributed by atoms with E-state index >= 15 is 0 Å². The van der Waals surface area contributed by atoms with Crippen molar-refractivity contribution < 1.29 is 47.6 Å². The fourth-order valence-corrected chi connectivity index (χ4v) is 4.08. The van der Waals surface area contributed by atoms with Crippen molar-refractivity contribution in [3.63, 3.8) is 0 Å². The standard InChI is InChI=1S/C10H15N5O10P2.Li/c11-8-5-9(13-2-12-8)15(3-14-5)10-7(17)6(16)4(24-10)1-23-27(21,22)25-26(18,19)20;/h2-4,6-7,10,16-17H,1H2,(H,21,22)(H2,11,12,13)(H2,18,19,20);/t4-,6-,7-,10-;/m1./s1. The van der Waals surface area contributed by atoms with Crippen LogP contribution in [0.5, 0.6) is 0 Å². The molecule has 0 amide bonds. The number of hydrogen-bond acceptors (Lipinski definition) is 11. The topological polar surface area (TPSA) is 233 Å². The van der Waals surface area contributed by atoms with Crippen LogP contribution in [-0.4, -0.2) is 88.2 Å². The van der Waals surface area contributed by atoms with Gasteiger partial charge in [-0.2, -0.15) is 4.31 Å². The van der Waals surface area contributed by atoms with E-state index in [0.29, 0.717) is 0 Å². The smallest absolute Gasteiger partial charge is 0.387 e. The van der Waals surface area contributed by atoms with Gasteiger partial charge in [-0.05, 0) is 0 Å². The molecule has 0 saturated carbocycles. The Morgan fingerprint density at radius 1 is 1.18 bits per heavy atom. The summed E-state index contributed by atoms with van der Waals surface area (Å²) in [4.78, 5) is 38.1. The first-order valence-corrected chi connectivity index (χ1v) is 10.2. The number of aliphatic hydroxyl groups is 2. The summed E-state index contributed by atoms with van der Waals surface area (Å²) in [7, 11) is -10.4. The van der Waals surface area contributed by atoms with Gasteiger partial charge < -0.3 is 35.4 Å². The Kier molecular flexibility index (Phi) is 7.05. The van der Waals surface area contributed by atoms with Gasteiger partial charge in [0.2, 0.25) is 0 Å². The van der Waals surface area contributed by atoms with Crippen LogP contribution in [0.25, 0.3) is 11.2 Å². The van der Waals surface area contributed by atoms with Gasteiger partial charge in [-0.1, -0.05) is 0 Å². The van der Waals surface area contributed by atoms with Crippen molar-refractivity contribution in [2.45, 2.75) is 24.5 Å². The molecular formula is C10H15LiN5O10P2. The Balaban J connectivity index is 0.00000280. The zero-order chi connectivity index (χ0) is 20.0. The van der Waals surface area contributed by atoms with E-state index < -0.39 is 46.8 Å². The summed E-state index contributed by atoms with van der Waals surface area (Å²) in [5.41, 5.74) is 6.11. The number of phosphoric ester groups is 1. The molecule has 2 aromatic rings. The molecule has 1 aliphatic rings. The van der Waals surface area contributed by atoms with E-state index in [2.05, 4.69) is 23.8 Å². The van der Waals surface area contributed by atoms with Crippen molar-refractivity contribution in [2.24, 2.45) is 0 Å². The number of fused-ring (bicyclic) bond motifs is 1. The number of hydrogen-bond donors (Lipinski definition) is 6. The molecule has 7 N–H and O–H groups in total. The van der Waals surface area contributed by atoms with Gasteiger partial charge in [0.05, 0.1) is 12.9 Å². The Bertz CT molecular complexity index is 938. The molecule has 28 heavy (non-hydrogen) atoms. The molecule has 151 valence electrons. The van der Waals surface area contributed by atoms with Crippen LogP contribution >= 0.6 is 15.6 Å². The number of nitrogens with zero attached hydrogens (tertiary/aromatic N) is 4. The molecule has 0 aromatic carbocycles. The summed E-state index contributed by atoms with van der Waals surface area (Å²) < 4.78 is 36.8. The van der Waals surface area contributed by atoms with Crippen LogP contribution < -0.4 is 5.73 Å². The molecule has 1 saturated heterocycles. The van der Waals surface area contributed by atoms with E-state index in [0.717, 1.165) is 6.33 Å². The number of nitrogens with two attached hydrogens (primary N) is 1. The van der Waals surface area contributed by atoms with E-state index in [4.69, 9.17) is 20.3 Å². The third kappa shape index (κ3) is 4.98. The Morgan fingerprint density at radius 2 is 1.86 bits per heavy atom. The van der Waals surface area contributed by atoms with E-state index in [9.17, 15) is 24.2 Å². The first-order valence-electron chi connectivity index (χ1n) is 7.17. The number of ether oxygens (including phenoxy) is 1. The second kappa shape index (κ2) is 8.45. The Labute approximate surface area is 168 Å². The van der Waals surface area contributed by atoms with Gasteiger partial charge in [-0.15, -0.1) is 0 Å². The van der Waals surface area contributed by atoms with Crippen LogP contribution in [0.15, 0.2) is 12.7 Å². The average Bonchev–Trinajstić information content (AvgIpc) is 3.07. The molecule has 1 radical (unpaired) electrons. The number of imidazole rings is 1. The third-order valence-corrected chi connectivity index (χ3v) is 5.76. The molecule has 1 fully saturated rings. The minimum atomic E-state index is -5.29. The zero-order valence-corrected chi connectivity index (χ0v) is 16.0. The maximum Gasteiger partial charge on any atom is 0.481 e. The fourth-order valence-electron chi connectivity index (χ4n) is 2.48. The predicted octanol–water partition coefficient (Wildman–Crippen LogP) is -2.13.